The molecule has 5 heteroatoms. The van der Waals surface area contributed by atoms with E-state index in [-0.39, 0.29) is 5.41 Å². The molecule has 1 aliphatic rings. The Kier molecular flexibility index (Phi) is 5.03. The number of ether oxygens (including phenoxy) is 1. The highest BCUT2D eigenvalue weighted by Gasteiger charge is 2.34. The van der Waals surface area contributed by atoms with Crippen LogP contribution in [0.3, 0.4) is 0 Å². The van der Waals surface area contributed by atoms with E-state index >= 15 is 0 Å². The van der Waals surface area contributed by atoms with Crippen molar-refractivity contribution in [1.29, 1.82) is 0 Å². The molecule has 2 heterocycles. The third-order valence-electron chi connectivity index (χ3n) is 4.07. The van der Waals surface area contributed by atoms with E-state index < -0.39 is 0 Å². The van der Waals surface area contributed by atoms with Gasteiger partial charge in [-0.2, -0.15) is 5.10 Å². The average Bonchev–Trinajstić information content (AvgIpc) is 2.76. The average molecular weight is 330 g/mol. The summed E-state index contributed by atoms with van der Waals surface area (Å²) in [5.41, 5.74) is 8.54. The quantitative estimate of drug-likeness (QED) is 0.903. The van der Waals surface area contributed by atoms with E-state index in [1.165, 1.54) is 5.69 Å². The second kappa shape index (κ2) is 6.37. The number of nitrogens with zero attached hydrogens (tertiary/aromatic N) is 2. The van der Waals surface area contributed by atoms with Crippen molar-refractivity contribution >= 4 is 15.9 Å². The summed E-state index contributed by atoms with van der Waals surface area (Å²) in [6.45, 7) is 7.49. The van der Waals surface area contributed by atoms with E-state index in [4.69, 9.17) is 10.5 Å². The molecule has 108 valence electrons. The van der Waals surface area contributed by atoms with Crippen molar-refractivity contribution in [1.82, 2.24) is 9.78 Å². The Hall–Kier alpha value is -0.390. The maximum atomic E-state index is 6.04. The smallest absolute Gasteiger partial charge is 0.0766 e. The molecule has 0 aliphatic carbocycles. The Labute approximate surface area is 123 Å². The highest BCUT2D eigenvalue weighted by molar-refractivity contribution is 9.10. The molecule has 1 aliphatic heterocycles. The molecule has 19 heavy (non-hydrogen) atoms. The molecule has 2 N–H and O–H groups in total. The number of aryl methyl sites for hydroxylation is 2. The van der Waals surface area contributed by atoms with Gasteiger partial charge in [0.1, 0.15) is 0 Å². The molecule has 1 unspecified atom stereocenters. The van der Waals surface area contributed by atoms with Gasteiger partial charge in [0.15, 0.2) is 0 Å². The summed E-state index contributed by atoms with van der Waals surface area (Å²) in [6.07, 6.45) is 4.15. The molecule has 0 saturated carbocycles. The van der Waals surface area contributed by atoms with Crippen molar-refractivity contribution in [3.8, 4) is 0 Å². The van der Waals surface area contributed by atoms with Gasteiger partial charge in [0.25, 0.3) is 0 Å². The lowest BCUT2D eigenvalue weighted by molar-refractivity contribution is -0.00370. The van der Waals surface area contributed by atoms with Crippen molar-refractivity contribution in [2.24, 2.45) is 11.1 Å². The number of nitrogens with two attached hydrogens (primary N) is 1. The maximum absolute atomic E-state index is 6.04. The predicted octanol–water partition coefficient (Wildman–Crippen LogP) is 2.53. The van der Waals surface area contributed by atoms with E-state index in [1.54, 1.807) is 0 Å². The first-order chi connectivity index (χ1) is 9.15. The van der Waals surface area contributed by atoms with E-state index in [1.807, 2.05) is 0 Å². The molecule has 0 bridgehead atoms. The minimum absolute atomic E-state index is 0.0821. The van der Waals surface area contributed by atoms with E-state index in [0.29, 0.717) is 6.54 Å². The first-order valence-corrected chi connectivity index (χ1v) is 7.97. The molecule has 1 atom stereocenters. The van der Waals surface area contributed by atoms with Crippen LogP contribution < -0.4 is 5.73 Å². The van der Waals surface area contributed by atoms with Gasteiger partial charge in [-0.1, -0.05) is 6.92 Å². The van der Waals surface area contributed by atoms with Crippen LogP contribution in [0.4, 0.5) is 0 Å². The van der Waals surface area contributed by atoms with Crippen molar-refractivity contribution in [2.75, 3.05) is 19.8 Å². The summed E-state index contributed by atoms with van der Waals surface area (Å²) in [5, 5.41) is 4.67. The molecule has 4 nitrogen and oxygen atoms in total. The first kappa shape index (κ1) is 15.0. The topological polar surface area (TPSA) is 53.1 Å². The minimum atomic E-state index is 0.0821. The van der Waals surface area contributed by atoms with E-state index in [9.17, 15) is 0 Å². The number of halogens is 1. The van der Waals surface area contributed by atoms with Crippen LogP contribution in [0, 0.1) is 5.41 Å². The highest BCUT2D eigenvalue weighted by atomic mass is 79.9. The number of hydrogen-bond donors (Lipinski definition) is 1. The maximum Gasteiger partial charge on any atom is 0.0766 e. The van der Waals surface area contributed by atoms with Gasteiger partial charge in [0.05, 0.1) is 22.5 Å². The number of rotatable bonds is 5. The van der Waals surface area contributed by atoms with Gasteiger partial charge in [-0.05, 0) is 48.5 Å². The largest absolute Gasteiger partial charge is 0.381 e. The summed E-state index contributed by atoms with van der Waals surface area (Å²) in [6, 6.07) is 0. The molecule has 0 radical (unpaired) electrons. The molecule has 1 saturated heterocycles. The van der Waals surface area contributed by atoms with Crippen LogP contribution in [0.2, 0.25) is 0 Å². The van der Waals surface area contributed by atoms with Gasteiger partial charge in [-0.15, -0.1) is 0 Å². The fourth-order valence-electron chi connectivity index (χ4n) is 2.82. The predicted molar refractivity (Wildman–Crippen MR) is 80.2 cm³/mol. The number of hydrogen-bond acceptors (Lipinski definition) is 3. The fraction of sp³-hybridized carbons (Fsp3) is 0.786. The Morgan fingerprint density at radius 2 is 2.26 bits per heavy atom. The second-order valence-electron chi connectivity index (χ2n) is 5.41. The zero-order valence-corrected chi connectivity index (χ0v) is 13.5. The Balaban J connectivity index is 2.28. The van der Waals surface area contributed by atoms with Crippen LogP contribution in [0.15, 0.2) is 4.47 Å². The van der Waals surface area contributed by atoms with Gasteiger partial charge in [0, 0.05) is 25.1 Å². The van der Waals surface area contributed by atoms with Crippen molar-refractivity contribution < 1.29 is 4.74 Å². The third kappa shape index (κ3) is 3.03. The van der Waals surface area contributed by atoms with Crippen LogP contribution >= 0.6 is 15.9 Å². The molecule has 0 spiro atoms. The molecule has 1 aromatic heterocycles. The third-order valence-corrected chi connectivity index (χ3v) is 4.99. The van der Waals surface area contributed by atoms with Gasteiger partial charge in [-0.3, -0.25) is 4.68 Å². The van der Waals surface area contributed by atoms with Crippen LogP contribution in [0.25, 0.3) is 0 Å². The minimum Gasteiger partial charge on any atom is -0.381 e. The SMILES string of the molecule is CCc1nn(CC)c(CC2(CN)CCCOC2)c1Br. The summed E-state index contributed by atoms with van der Waals surface area (Å²) in [7, 11) is 0. The summed E-state index contributed by atoms with van der Waals surface area (Å²) in [4.78, 5) is 0. The Bertz CT molecular complexity index is 425. The molecule has 1 fully saturated rings. The monoisotopic (exact) mass is 329 g/mol. The standard InChI is InChI=1S/C14H24BrN3O/c1-3-11-13(15)12(18(4-2)17-11)8-14(9-16)6-5-7-19-10-14/h3-10,16H2,1-2H3. The van der Waals surface area contributed by atoms with Crippen LogP contribution in [-0.2, 0) is 24.1 Å². The van der Waals surface area contributed by atoms with Crippen molar-refractivity contribution in [3.05, 3.63) is 15.9 Å². The normalized spacial score (nSPS) is 23.8. The molecule has 1 aromatic rings. The Morgan fingerprint density at radius 3 is 2.79 bits per heavy atom. The molecule has 2 rings (SSSR count). The van der Waals surface area contributed by atoms with E-state index in [0.717, 1.165) is 55.6 Å². The van der Waals surface area contributed by atoms with Gasteiger partial charge >= 0.3 is 0 Å². The summed E-state index contributed by atoms with van der Waals surface area (Å²) < 4.78 is 8.94. The van der Waals surface area contributed by atoms with Crippen molar-refractivity contribution in [3.63, 3.8) is 0 Å². The molecule has 0 aromatic carbocycles. The number of aromatic nitrogens is 2. The van der Waals surface area contributed by atoms with E-state index in [2.05, 4.69) is 39.6 Å². The highest BCUT2D eigenvalue weighted by Crippen LogP contribution is 2.35. The lowest BCUT2D eigenvalue weighted by Gasteiger charge is -2.36. The zero-order valence-electron chi connectivity index (χ0n) is 11.9. The molecular formula is C14H24BrN3O. The second-order valence-corrected chi connectivity index (χ2v) is 6.21. The molecular weight excluding hydrogens is 306 g/mol. The molecule has 0 amide bonds. The van der Waals surface area contributed by atoms with Gasteiger partial charge in [0.2, 0.25) is 0 Å². The zero-order chi connectivity index (χ0) is 13.9. The summed E-state index contributed by atoms with van der Waals surface area (Å²) >= 11 is 3.72. The summed E-state index contributed by atoms with van der Waals surface area (Å²) in [5.74, 6) is 0. The first-order valence-electron chi connectivity index (χ1n) is 7.17. The van der Waals surface area contributed by atoms with Gasteiger partial charge < -0.3 is 10.5 Å². The Morgan fingerprint density at radius 1 is 1.47 bits per heavy atom. The lowest BCUT2D eigenvalue weighted by atomic mass is 9.78. The van der Waals surface area contributed by atoms with Crippen LogP contribution in [0.1, 0.15) is 38.1 Å². The van der Waals surface area contributed by atoms with Crippen molar-refractivity contribution in [2.45, 2.75) is 46.1 Å². The van der Waals surface area contributed by atoms with Crippen LogP contribution in [-0.4, -0.2) is 29.5 Å². The van der Waals surface area contributed by atoms with Crippen LogP contribution in [0.5, 0.6) is 0 Å². The fourth-order valence-corrected chi connectivity index (χ4v) is 3.53. The lowest BCUT2D eigenvalue weighted by Crippen LogP contribution is -2.41. The van der Waals surface area contributed by atoms with Gasteiger partial charge in [-0.25, -0.2) is 0 Å².